The van der Waals surface area contributed by atoms with E-state index < -0.39 is 12.0 Å². The van der Waals surface area contributed by atoms with E-state index in [0.29, 0.717) is 18.7 Å². The van der Waals surface area contributed by atoms with E-state index in [1.807, 2.05) is 13.0 Å². The van der Waals surface area contributed by atoms with Gasteiger partial charge in [0.2, 0.25) is 5.91 Å². The highest BCUT2D eigenvalue weighted by atomic mass is 16.4. The molecule has 1 aromatic rings. The first kappa shape index (κ1) is 15.0. The summed E-state index contributed by atoms with van der Waals surface area (Å²) in [5.74, 6) is -1.59. The predicted molar refractivity (Wildman–Crippen MR) is 76.8 cm³/mol. The molecule has 0 aliphatic carbocycles. The SMILES string of the molecule is CCCN1C(=O)CC(N(CC(=O)O)c2ccccc2)C1=O. The molecule has 0 radical (unpaired) electrons. The lowest BCUT2D eigenvalue weighted by Gasteiger charge is -2.27. The monoisotopic (exact) mass is 290 g/mol. The van der Waals surface area contributed by atoms with E-state index >= 15 is 0 Å². The van der Waals surface area contributed by atoms with E-state index in [1.54, 1.807) is 24.3 Å². The number of hydrogen-bond donors (Lipinski definition) is 1. The Morgan fingerprint density at radius 1 is 1.33 bits per heavy atom. The van der Waals surface area contributed by atoms with Gasteiger partial charge in [-0.15, -0.1) is 0 Å². The van der Waals surface area contributed by atoms with Gasteiger partial charge in [0, 0.05) is 12.2 Å². The molecular weight excluding hydrogens is 272 g/mol. The second-order valence-electron chi connectivity index (χ2n) is 4.96. The minimum Gasteiger partial charge on any atom is -0.480 e. The molecule has 2 amide bonds. The fourth-order valence-corrected chi connectivity index (χ4v) is 2.51. The normalized spacial score (nSPS) is 18.1. The van der Waals surface area contributed by atoms with Gasteiger partial charge in [0.25, 0.3) is 5.91 Å². The summed E-state index contributed by atoms with van der Waals surface area (Å²) in [6.45, 7) is 1.96. The molecule has 6 heteroatoms. The van der Waals surface area contributed by atoms with E-state index in [2.05, 4.69) is 0 Å². The number of para-hydroxylation sites is 1. The van der Waals surface area contributed by atoms with Crippen LogP contribution in [0.2, 0.25) is 0 Å². The number of carboxylic acids is 1. The molecule has 0 aromatic heterocycles. The Morgan fingerprint density at radius 2 is 2.00 bits per heavy atom. The molecule has 21 heavy (non-hydrogen) atoms. The standard InChI is InChI=1S/C15H18N2O4/c1-2-8-16-13(18)9-12(15(16)21)17(10-14(19)20)11-6-4-3-5-7-11/h3-7,12H,2,8-10H2,1H3,(H,19,20). The van der Waals surface area contributed by atoms with Gasteiger partial charge >= 0.3 is 5.97 Å². The molecule has 1 aliphatic rings. The van der Waals surface area contributed by atoms with Gasteiger partial charge in [-0.2, -0.15) is 0 Å². The number of imide groups is 1. The van der Waals surface area contributed by atoms with Crippen LogP contribution in [0.15, 0.2) is 30.3 Å². The second-order valence-corrected chi connectivity index (χ2v) is 4.96. The molecule has 1 saturated heterocycles. The molecule has 1 unspecified atom stereocenters. The summed E-state index contributed by atoms with van der Waals surface area (Å²) < 4.78 is 0. The van der Waals surface area contributed by atoms with Crippen molar-refractivity contribution in [2.75, 3.05) is 18.0 Å². The second kappa shape index (κ2) is 6.39. The van der Waals surface area contributed by atoms with Crippen LogP contribution >= 0.6 is 0 Å². The topological polar surface area (TPSA) is 77.9 Å². The minimum absolute atomic E-state index is 0.0288. The molecule has 1 aliphatic heterocycles. The maximum atomic E-state index is 12.4. The molecule has 1 heterocycles. The lowest BCUT2D eigenvalue weighted by Crippen LogP contribution is -2.44. The number of amides is 2. The smallest absolute Gasteiger partial charge is 0.323 e. The van der Waals surface area contributed by atoms with Crippen LogP contribution in [0.5, 0.6) is 0 Å². The summed E-state index contributed by atoms with van der Waals surface area (Å²) in [5, 5.41) is 9.08. The number of hydrogen-bond acceptors (Lipinski definition) is 4. The van der Waals surface area contributed by atoms with Gasteiger partial charge < -0.3 is 10.0 Å². The Labute approximate surface area is 123 Å². The molecule has 1 aromatic carbocycles. The maximum Gasteiger partial charge on any atom is 0.323 e. The predicted octanol–water partition coefficient (Wildman–Crippen LogP) is 1.12. The summed E-state index contributed by atoms with van der Waals surface area (Å²) in [5.41, 5.74) is 0.629. The van der Waals surface area contributed by atoms with Gasteiger partial charge in [-0.1, -0.05) is 25.1 Å². The van der Waals surface area contributed by atoms with Crippen LogP contribution in [0.3, 0.4) is 0 Å². The van der Waals surface area contributed by atoms with Crippen molar-refractivity contribution in [2.45, 2.75) is 25.8 Å². The van der Waals surface area contributed by atoms with Crippen LogP contribution in [0.4, 0.5) is 5.69 Å². The van der Waals surface area contributed by atoms with Crippen molar-refractivity contribution in [3.8, 4) is 0 Å². The molecule has 112 valence electrons. The summed E-state index contributed by atoms with van der Waals surface area (Å²) in [6.07, 6.45) is 0.718. The molecule has 6 nitrogen and oxygen atoms in total. The molecule has 2 rings (SSSR count). The summed E-state index contributed by atoms with van der Waals surface area (Å²) in [7, 11) is 0. The van der Waals surface area contributed by atoms with Crippen LogP contribution < -0.4 is 4.90 Å². The van der Waals surface area contributed by atoms with Crippen molar-refractivity contribution < 1.29 is 19.5 Å². The van der Waals surface area contributed by atoms with Gasteiger partial charge in [0.1, 0.15) is 12.6 Å². The lowest BCUT2D eigenvalue weighted by atomic mass is 10.1. The van der Waals surface area contributed by atoms with Crippen molar-refractivity contribution in [3.05, 3.63) is 30.3 Å². The fourth-order valence-electron chi connectivity index (χ4n) is 2.51. The molecule has 0 saturated carbocycles. The Kier molecular flexibility index (Phi) is 4.57. The molecular formula is C15H18N2O4. The maximum absolute atomic E-state index is 12.4. The number of carboxylic acid groups (broad SMARTS) is 1. The fraction of sp³-hybridized carbons (Fsp3) is 0.400. The third kappa shape index (κ3) is 3.21. The number of carbonyl (C=O) groups is 3. The zero-order valence-electron chi connectivity index (χ0n) is 11.9. The Balaban J connectivity index is 2.28. The number of aliphatic carboxylic acids is 1. The molecule has 0 spiro atoms. The van der Waals surface area contributed by atoms with Gasteiger partial charge in [-0.05, 0) is 18.6 Å². The Bertz CT molecular complexity index is 544. The number of benzene rings is 1. The minimum atomic E-state index is -1.03. The zero-order valence-corrected chi connectivity index (χ0v) is 11.9. The van der Waals surface area contributed by atoms with E-state index in [-0.39, 0.29) is 24.8 Å². The van der Waals surface area contributed by atoms with Crippen LogP contribution in [0.1, 0.15) is 19.8 Å². The third-order valence-electron chi connectivity index (χ3n) is 3.44. The highest BCUT2D eigenvalue weighted by Gasteiger charge is 2.42. The molecule has 1 N–H and O–H groups in total. The van der Waals surface area contributed by atoms with Gasteiger partial charge in [0.15, 0.2) is 0 Å². The molecule has 0 bridgehead atoms. The highest BCUT2D eigenvalue weighted by molar-refractivity contribution is 6.07. The van der Waals surface area contributed by atoms with Crippen molar-refractivity contribution in [3.63, 3.8) is 0 Å². The van der Waals surface area contributed by atoms with Crippen molar-refractivity contribution >= 4 is 23.5 Å². The lowest BCUT2D eigenvalue weighted by molar-refractivity contribution is -0.138. The summed E-state index contributed by atoms with van der Waals surface area (Å²) in [6, 6.07) is 8.10. The number of rotatable bonds is 6. The average Bonchev–Trinajstić information content (AvgIpc) is 2.74. The van der Waals surface area contributed by atoms with E-state index in [0.717, 1.165) is 0 Å². The van der Waals surface area contributed by atoms with Gasteiger partial charge in [0.05, 0.1) is 6.42 Å². The highest BCUT2D eigenvalue weighted by Crippen LogP contribution is 2.24. The van der Waals surface area contributed by atoms with Crippen LogP contribution in [-0.4, -0.2) is 46.9 Å². The van der Waals surface area contributed by atoms with Crippen molar-refractivity contribution in [1.29, 1.82) is 0 Å². The number of likely N-dealkylation sites (tertiary alicyclic amines) is 1. The molecule has 1 atom stereocenters. The van der Waals surface area contributed by atoms with Crippen molar-refractivity contribution in [1.82, 2.24) is 4.90 Å². The Hall–Kier alpha value is -2.37. The summed E-state index contributed by atoms with van der Waals surface area (Å²) >= 11 is 0. The largest absolute Gasteiger partial charge is 0.480 e. The van der Waals surface area contributed by atoms with Gasteiger partial charge in [-0.3, -0.25) is 19.3 Å². The first-order valence-electron chi connectivity index (χ1n) is 6.92. The van der Waals surface area contributed by atoms with E-state index in [9.17, 15) is 14.4 Å². The van der Waals surface area contributed by atoms with E-state index in [4.69, 9.17) is 5.11 Å². The first-order valence-corrected chi connectivity index (χ1v) is 6.92. The first-order chi connectivity index (χ1) is 10.0. The number of carbonyl (C=O) groups excluding carboxylic acids is 2. The number of nitrogens with zero attached hydrogens (tertiary/aromatic N) is 2. The van der Waals surface area contributed by atoms with Gasteiger partial charge in [-0.25, -0.2) is 0 Å². The Morgan fingerprint density at radius 3 is 2.57 bits per heavy atom. The van der Waals surface area contributed by atoms with Crippen LogP contribution in [0.25, 0.3) is 0 Å². The van der Waals surface area contributed by atoms with Crippen LogP contribution in [0, 0.1) is 0 Å². The quantitative estimate of drug-likeness (QED) is 0.794. The summed E-state index contributed by atoms with van der Waals surface area (Å²) in [4.78, 5) is 38.1. The average molecular weight is 290 g/mol. The van der Waals surface area contributed by atoms with Crippen molar-refractivity contribution in [2.24, 2.45) is 0 Å². The molecule has 1 fully saturated rings. The third-order valence-corrected chi connectivity index (χ3v) is 3.44. The number of anilines is 1. The van der Waals surface area contributed by atoms with E-state index in [1.165, 1.54) is 9.80 Å². The van der Waals surface area contributed by atoms with Crippen LogP contribution in [-0.2, 0) is 14.4 Å². The zero-order chi connectivity index (χ0) is 15.4.